The summed E-state index contributed by atoms with van der Waals surface area (Å²) in [5, 5.41) is 9.37. The van der Waals surface area contributed by atoms with Gasteiger partial charge in [-0.1, -0.05) is 30.3 Å². The van der Waals surface area contributed by atoms with Crippen molar-refractivity contribution in [2.75, 3.05) is 13.1 Å². The summed E-state index contributed by atoms with van der Waals surface area (Å²) >= 11 is 0. The maximum atomic E-state index is 13.6. The van der Waals surface area contributed by atoms with Crippen LogP contribution in [0, 0.1) is 0 Å². The highest BCUT2D eigenvalue weighted by Crippen LogP contribution is 2.37. The minimum atomic E-state index is -4.47. The molecule has 0 aromatic heterocycles. The molecule has 0 bridgehead atoms. The number of carbonyl (C=O) groups is 1. The summed E-state index contributed by atoms with van der Waals surface area (Å²) < 4.78 is 69.2. The van der Waals surface area contributed by atoms with Gasteiger partial charge in [-0.3, -0.25) is 14.9 Å². The molecule has 1 aliphatic rings. The Hall–Kier alpha value is -3.41. The van der Waals surface area contributed by atoms with E-state index in [1.165, 1.54) is 29.7 Å². The highest BCUT2D eigenvalue weighted by atomic mass is 32.2. The highest BCUT2D eigenvalue weighted by Gasteiger charge is 2.52. The van der Waals surface area contributed by atoms with Crippen LogP contribution in [0.15, 0.2) is 83.8 Å². The van der Waals surface area contributed by atoms with Crippen molar-refractivity contribution in [3.8, 4) is 11.5 Å². The number of halogens is 3. The number of piperidine rings is 1. The summed E-state index contributed by atoms with van der Waals surface area (Å²) in [6.07, 6.45) is -4.50. The summed E-state index contributed by atoms with van der Waals surface area (Å²) in [5.41, 5.74) is 1.78. The predicted octanol–water partition coefficient (Wildman–Crippen LogP) is 4.81. The maximum Gasteiger partial charge on any atom is 0.416 e. The molecule has 37 heavy (non-hydrogen) atoms. The van der Waals surface area contributed by atoms with Crippen molar-refractivity contribution in [2.24, 2.45) is 0 Å². The minimum Gasteiger partial charge on any atom is -0.457 e. The monoisotopic (exact) mass is 534 g/mol. The molecule has 1 fully saturated rings. The number of rotatable bonds is 7. The van der Waals surface area contributed by atoms with Gasteiger partial charge in [0.25, 0.3) is 5.91 Å². The van der Waals surface area contributed by atoms with Gasteiger partial charge in [0.2, 0.25) is 0 Å². The van der Waals surface area contributed by atoms with Gasteiger partial charge in [0.05, 0.1) is 10.5 Å². The van der Waals surface area contributed by atoms with E-state index in [1.807, 2.05) is 30.3 Å². The molecule has 11 heteroatoms. The van der Waals surface area contributed by atoms with Crippen molar-refractivity contribution in [3.05, 3.63) is 90.0 Å². The van der Waals surface area contributed by atoms with Crippen LogP contribution in [0.25, 0.3) is 0 Å². The summed E-state index contributed by atoms with van der Waals surface area (Å²) in [7, 11) is -4.22. The molecule has 196 valence electrons. The molecule has 1 amide bonds. The van der Waals surface area contributed by atoms with Crippen LogP contribution in [0.5, 0.6) is 11.5 Å². The summed E-state index contributed by atoms with van der Waals surface area (Å²) in [5.74, 6) is -0.639. The minimum absolute atomic E-state index is 0.0155. The average Bonchev–Trinajstić information content (AvgIpc) is 2.89. The highest BCUT2D eigenvalue weighted by molar-refractivity contribution is 7.93. The number of amides is 1. The molecule has 7 nitrogen and oxygen atoms in total. The lowest BCUT2D eigenvalue weighted by Gasteiger charge is -2.39. The molecule has 3 aromatic rings. The van der Waals surface area contributed by atoms with Gasteiger partial charge >= 0.3 is 6.18 Å². The number of likely N-dealkylation sites (tertiary alicyclic amines) is 1. The van der Waals surface area contributed by atoms with E-state index in [2.05, 4.69) is 4.90 Å². The second kappa shape index (κ2) is 10.5. The third kappa shape index (κ3) is 5.63. The Morgan fingerprint density at radius 1 is 0.919 bits per heavy atom. The van der Waals surface area contributed by atoms with Crippen LogP contribution in [0.2, 0.25) is 0 Å². The number of alkyl halides is 3. The fourth-order valence-electron chi connectivity index (χ4n) is 4.39. The lowest BCUT2D eigenvalue weighted by atomic mass is 9.94. The molecule has 0 radical (unpaired) electrons. The predicted molar refractivity (Wildman–Crippen MR) is 129 cm³/mol. The van der Waals surface area contributed by atoms with Crippen molar-refractivity contribution >= 4 is 15.7 Å². The van der Waals surface area contributed by atoms with Crippen LogP contribution in [0.4, 0.5) is 13.2 Å². The van der Waals surface area contributed by atoms with Gasteiger partial charge in [-0.2, -0.15) is 13.2 Å². The van der Waals surface area contributed by atoms with Crippen LogP contribution in [-0.2, 0) is 27.4 Å². The fraction of sp³-hybridized carbons (Fsp3) is 0.269. The Balaban J connectivity index is 1.50. The van der Waals surface area contributed by atoms with Crippen molar-refractivity contribution in [3.63, 3.8) is 0 Å². The zero-order valence-electron chi connectivity index (χ0n) is 19.6. The molecule has 0 saturated carbocycles. The number of hydrogen-bond acceptors (Lipinski definition) is 6. The second-order valence-electron chi connectivity index (χ2n) is 8.80. The number of benzene rings is 3. The first-order valence-corrected chi connectivity index (χ1v) is 12.9. The summed E-state index contributed by atoms with van der Waals surface area (Å²) in [6.45, 7) is 1.26. The lowest BCUT2D eigenvalue weighted by Crippen LogP contribution is -2.57. The van der Waals surface area contributed by atoms with Crippen molar-refractivity contribution < 1.29 is 36.3 Å². The smallest absolute Gasteiger partial charge is 0.416 e. The molecule has 1 saturated heterocycles. The van der Waals surface area contributed by atoms with Crippen LogP contribution in [-0.4, -0.2) is 42.3 Å². The van der Waals surface area contributed by atoms with E-state index in [0.29, 0.717) is 19.6 Å². The largest absolute Gasteiger partial charge is 0.457 e. The van der Waals surface area contributed by atoms with E-state index >= 15 is 0 Å². The standard InChI is InChI=1S/C26H25F3N2O5S/c27-26(28,29)20-6-8-21(9-7-20)36-22-10-12-23(13-11-22)37(34,35)25(24(32)30-33)14-16-31(17-15-25)18-19-4-2-1-3-5-19/h1-13,33H,14-18H2,(H,30,32). The molecule has 1 heterocycles. The first kappa shape index (κ1) is 26.6. The summed E-state index contributed by atoms with van der Waals surface area (Å²) in [4.78, 5) is 14.6. The van der Waals surface area contributed by atoms with Crippen molar-refractivity contribution in [1.29, 1.82) is 0 Å². The quantitative estimate of drug-likeness (QED) is 0.334. The molecule has 0 aliphatic carbocycles. The molecular weight excluding hydrogens is 509 g/mol. The topological polar surface area (TPSA) is 95.9 Å². The third-order valence-corrected chi connectivity index (χ3v) is 9.01. The van der Waals surface area contributed by atoms with E-state index in [9.17, 15) is 31.6 Å². The number of hydroxylamine groups is 1. The molecule has 0 unspecified atom stereocenters. The molecule has 4 rings (SSSR count). The van der Waals surface area contributed by atoms with Crippen molar-refractivity contribution in [1.82, 2.24) is 10.4 Å². The Morgan fingerprint density at radius 2 is 1.46 bits per heavy atom. The van der Waals surface area contributed by atoms with Crippen LogP contribution >= 0.6 is 0 Å². The first-order chi connectivity index (χ1) is 17.5. The SMILES string of the molecule is O=C(NO)C1(S(=O)(=O)c2ccc(Oc3ccc(C(F)(F)F)cc3)cc2)CCN(Cc2ccccc2)CC1. The zero-order valence-corrected chi connectivity index (χ0v) is 20.4. The second-order valence-corrected chi connectivity index (χ2v) is 11.1. The van der Waals surface area contributed by atoms with E-state index in [1.54, 1.807) is 0 Å². The average molecular weight is 535 g/mol. The zero-order chi connectivity index (χ0) is 26.7. The Labute approximate surface area is 212 Å². The van der Waals surface area contributed by atoms with Crippen LogP contribution in [0.3, 0.4) is 0 Å². The Kier molecular flexibility index (Phi) is 7.58. The Bertz CT molecular complexity index is 1320. The van der Waals surface area contributed by atoms with Crippen molar-refractivity contribution in [2.45, 2.75) is 35.2 Å². The third-order valence-electron chi connectivity index (χ3n) is 6.49. The molecule has 3 aromatic carbocycles. The number of carbonyl (C=O) groups excluding carboxylic acids is 1. The number of ether oxygens (including phenoxy) is 1. The van der Waals surface area contributed by atoms with Gasteiger partial charge in [-0.25, -0.2) is 13.9 Å². The number of nitrogens with one attached hydrogen (secondary N) is 1. The van der Waals surface area contributed by atoms with Gasteiger partial charge in [-0.15, -0.1) is 0 Å². The first-order valence-electron chi connectivity index (χ1n) is 11.5. The number of sulfone groups is 1. The van der Waals surface area contributed by atoms with Gasteiger partial charge in [0.15, 0.2) is 14.6 Å². The van der Waals surface area contributed by atoms with E-state index in [4.69, 9.17) is 4.74 Å². The van der Waals surface area contributed by atoms with E-state index in [-0.39, 0.29) is 29.2 Å². The van der Waals surface area contributed by atoms with Gasteiger partial charge in [-0.05, 0) is 66.9 Å². The van der Waals surface area contributed by atoms with Crippen LogP contribution < -0.4 is 10.2 Å². The Morgan fingerprint density at radius 3 is 1.97 bits per heavy atom. The van der Waals surface area contributed by atoms with E-state index < -0.39 is 32.2 Å². The van der Waals surface area contributed by atoms with Crippen LogP contribution in [0.1, 0.15) is 24.0 Å². The molecule has 0 spiro atoms. The molecular formula is C26H25F3N2O5S. The van der Waals surface area contributed by atoms with Gasteiger partial charge in [0.1, 0.15) is 11.5 Å². The number of hydrogen-bond donors (Lipinski definition) is 2. The van der Waals surface area contributed by atoms with Gasteiger partial charge < -0.3 is 4.74 Å². The molecule has 1 aliphatic heterocycles. The van der Waals surface area contributed by atoms with Gasteiger partial charge in [0, 0.05) is 19.6 Å². The van der Waals surface area contributed by atoms with E-state index in [0.717, 1.165) is 29.8 Å². The number of nitrogens with zero attached hydrogens (tertiary/aromatic N) is 1. The molecule has 0 atom stereocenters. The summed E-state index contributed by atoms with van der Waals surface area (Å²) in [6, 6.07) is 19.0. The molecule has 2 N–H and O–H groups in total. The normalized spacial score (nSPS) is 16.2. The maximum absolute atomic E-state index is 13.6. The fourth-order valence-corrected chi connectivity index (χ4v) is 6.35. The lowest BCUT2D eigenvalue weighted by molar-refractivity contribution is -0.137.